The maximum absolute atomic E-state index is 5.89. The molecule has 2 nitrogen and oxygen atoms in total. The van der Waals surface area contributed by atoms with E-state index < -0.39 is 0 Å². The maximum Gasteiger partial charge on any atom is 0.186 e. The van der Waals surface area contributed by atoms with Crippen LogP contribution in [0.3, 0.4) is 0 Å². The summed E-state index contributed by atoms with van der Waals surface area (Å²) in [4.78, 5) is 0. The number of thioether (sulfide) groups is 1. The van der Waals surface area contributed by atoms with Crippen LogP contribution in [-0.2, 0) is 9.47 Å². The van der Waals surface area contributed by atoms with Crippen LogP contribution in [0, 0.1) is 0 Å². The van der Waals surface area contributed by atoms with Gasteiger partial charge in [0.15, 0.2) is 12.6 Å². The van der Waals surface area contributed by atoms with Crippen molar-refractivity contribution in [2.75, 3.05) is 0 Å². The molecule has 0 radical (unpaired) electrons. The zero-order chi connectivity index (χ0) is 11.8. The minimum Gasteiger partial charge on any atom is -0.320 e. The molecule has 17 heavy (non-hydrogen) atoms. The highest BCUT2D eigenvalue weighted by Crippen LogP contribution is 2.45. The van der Waals surface area contributed by atoms with Gasteiger partial charge in [0.05, 0.1) is 0 Å². The first kappa shape index (κ1) is 11.6. The first-order valence-electron chi connectivity index (χ1n) is 5.63. The third-order valence-electron chi connectivity index (χ3n) is 2.98. The maximum atomic E-state index is 5.89. The second-order valence-corrected chi connectivity index (χ2v) is 5.76. The van der Waals surface area contributed by atoms with Crippen molar-refractivity contribution in [2.24, 2.45) is 0 Å². The van der Waals surface area contributed by atoms with Gasteiger partial charge in [-0.15, -0.1) is 11.8 Å². The molecule has 2 aliphatic heterocycles. The molecular weight excluding hydrogens is 256 g/mol. The summed E-state index contributed by atoms with van der Waals surface area (Å²) >= 11 is 7.71. The summed E-state index contributed by atoms with van der Waals surface area (Å²) in [5.74, 6) is 0. The standard InChI is InChI=1S/C13H13ClO2S/c1-8-15-13(16-8)10-6-12(17-7-10)9-2-4-11(14)5-3-9/h2-5,7-8,12-13H,6H2,1H3. The normalized spacial score (nSPS) is 32.1. The molecule has 1 unspecified atom stereocenters. The van der Waals surface area contributed by atoms with Gasteiger partial charge in [-0.25, -0.2) is 0 Å². The van der Waals surface area contributed by atoms with Crippen LogP contribution in [-0.4, -0.2) is 12.6 Å². The lowest BCUT2D eigenvalue weighted by Gasteiger charge is -2.34. The van der Waals surface area contributed by atoms with Crippen LogP contribution in [0.15, 0.2) is 35.2 Å². The molecule has 0 bridgehead atoms. The predicted molar refractivity (Wildman–Crippen MR) is 69.9 cm³/mol. The SMILES string of the molecule is CC1OC(C2=CSC(c3ccc(Cl)cc3)C2)O1. The quantitative estimate of drug-likeness (QED) is 0.804. The Hall–Kier alpha value is -0.480. The van der Waals surface area contributed by atoms with Crippen molar-refractivity contribution < 1.29 is 9.47 Å². The van der Waals surface area contributed by atoms with E-state index in [9.17, 15) is 0 Å². The molecule has 2 aliphatic rings. The van der Waals surface area contributed by atoms with Crippen LogP contribution < -0.4 is 0 Å². The van der Waals surface area contributed by atoms with Crippen LogP contribution in [0.25, 0.3) is 0 Å². The van der Waals surface area contributed by atoms with Crippen LogP contribution in [0.2, 0.25) is 5.02 Å². The molecule has 0 aliphatic carbocycles. The number of ether oxygens (including phenoxy) is 2. The summed E-state index contributed by atoms with van der Waals surface area (Å²) in [5.41, 5.74) is 2.55. The van der Waals surface area contributed by atoms with E-state index in [1.807, 2.05) is 30.8 Å². The van der Waals surface area contributed by atoms with Crippen molar-refractivity contribution in [3.8, 4) is 0 Å². The van der Waals surface area contributed by atoms with Gasteiger partial charge in [-0.3, -0.25) is 0 Å². The molecule has 0 saturated carbocycles. The molecule has 1 atom stereocenters. The van der Waals surface area contributed by atoms with Gasteiger partial charge in [0, 0.05) is 10.3 Å². The number of hydrogen-bond acceptors (Lipinski definition) is 3. The summed E-state index contributed by atoms with van der Waals surface area (Å²) in [6.07, 6.45) is 0.819. The third kappa shape index (κ3) is 2.38. The van der Waals surface area contributed by atoms with E-state index in [-0.39, 0.29) is 12.6 Å². The number of halogens is 1. The fourth-order valence-electron chi connectivity index (χ4n) is 2.04. The number of rotatable bonds is 2. The highest BCUT2D eigenvalue weighted by atomic mass is 35.5. The largest absolute Gasteiger partial charge is 0.320 e. The van der Waals surface area contributed by atoms with Crippen molar-refractivity contribution >= 4 is 23.4 Å². The second-order valence-electron chi connectivity index (χ2n) is 4.24. The molecule has 0 spiro atoms. The van der Waals surface area contributed by atoms with Crippen molar-refractivity contribution in [1.29, 1.82) is 0 Å². The monoisotopic (exact) mass is 268 g/mol. The Morgan fingerprint density at radius 2 is 1.94 bits per heavy atom. The first-order chi connectivity index (χ1) is 8.22. The number of hydrogen-bond donors (Lipinski definition) is 0. The van der Waals surface area contributed by atoms with E-state index in [2.05, 4.69) is 17.5 Å². The molecule has 0 aromatic heterocycles. The van der Waals surface area contributed by atoms with E-state index >= 15 is 0 Å². The Bertz CT molecular complexity index is 437. The first-order valence-corrected chi connectivity index (χ1v) is 6.95. The molecule has 90 valence electrons. The Balaban J connectivity index is 1.64. The van der Waals surface area contributed by atoms with E-state index in [0.717, 1.165) is 11.4 Å². The van der Waals surface area contributed by atoms with Gasteiger partial charge < -0.3 is 9.47 Å². The van der Waals surface area contributed by atoms with Gasteiger partial charge in [-0.05, 0) is 42.0 Å². The number of benzene rings is 1. The van der Waals surface area contributed by atoms with Gasteiger partial charge in [0.25, 0.3) is 0 Å². The fraction of sp³-hybridized carbons (Fsp3) is 0.385. The van der Waals surface area contributed by atoms with Crippen molar-refractivity contribution in [3.05, 3.63) is 45.8 Å². The van der Waals surface area contributed by atoms with Crippen LogP contribution in [0.1, 0.15) is 24.2 Å². The molecule has 0 amide bonds. The average Bonchev–Trinajstić information content (AvgIpc) is 2.75. The summed E-state index contributed by atoms with van der Waals surface area (Å²) < 4.78 is 11.0. The highest BCUT2D eigenvalue weighted by molar-refractivity contribution is 8.02. The Kier molecular flexibility index (Phi) is 3.17. The molecule has 4 heteroatoms. The molecule has 2 heterocycles. The second kappa shape index (κ2) is 4.65. The lowest BCUT2D eigenvalue weighted by atomic mass is 10.0. The van der Waals surface area contributed by atoms with Crippen molar-refractivity contribution in [3.63, 3.8) is 0 Å². The minimum atomic E-state index is -0.116. The average molecular weight is 269 g/mol. The molecule has 1 fully saturated rings. The summed E-state index contributed by atoms with van der Waals surface area (Å²) in [6.45, 7) is 1.91. The van der Waals surface area contributed by atoms with Gasteiger partial charge >= 0.3 is 0 Å². The van der Waals surface area contributed by atoms with Crippen LogP contribution >= 0.6 is 23.4 Å². The molecule has 1 saturated heterocycles. The zero-order valence-corrected chi connectivity index (χ0v) is 11.0. The van der Waals surface area contributed by atoms with Crippen LogP contribution in [0.5, 0.6) is 0 Å². The minimum absolute atomic E-state index is 0.0551. The van der Waals surface area contributed by atoms with Gasteiger partial charge in [0.2, 0.25) is 0 Å². The predicted octanol–water partition coefficient (Wildman–Crippen LogP) is 4.12. The molecule has 3 rings (SSSR count). The van der Waals surface area contributed by atoms with Gasteiger partial charge in [-0.2, -0.15) is 0 Å². The van der Waals surface area contributed by atoms with Gasteiger partial charge in [0.1, 0.15) is 0 Å². The summed E-state index contributed by atoms with van der Waals surface area (Å²) in [6, 6.07) is 8.05. The summed E-state index contributed by atoms with van der Waals surface area (Å²) in [5, 5.41) is 3.41. The Morgan fingerprint density at radius 1 is 1.24 bits per heavy atom. The molecule has 0 N–H and O–H groups in total. The lowest BCUT2D eigenvalue weighted by molar-refractivity contribution is -0.359. The van der Waals surface area contributed by atoms with Crippen molar-refractivity contribution in [2.45, 2.75) is 31.2 Å². The van der Waals surface area contributed by atoms with E-state index in [4.69, 9.17) is 21.1 Å². The topological polar surface area (TPSA) is 18.5 Å². The fourth-order valence-corrected chi connectivity index (χ4v) is 3.31. The Morgan fingerprint density at radius 3 is 2.59 bits per heavy atom. The van der Waals surface area contributed by atoms with E-state index in [1.165, 1.54) is 11.1 Å². The van der Waals surface area contributed by atoms with Crippen LogP contribution in [0.4, 0.5) is 0 Å². The third-order valence-corrected chi connectivity index (χ3v) is 4.44. The smallest absolute Gasteiger partial charge is 0.186 e. The summed E-state index contributed by atoms with van der Waals surface area (Å²) in [7, 11) is 0. The lowest BCUT2D eigenvalue weighted by Crippen LogP contribution is -2.39. The van der Waals surface area contributed by atoms with Gasteiger partial charge in [-0.1, -0.05) is 23.7 Å². The highest BCUT2D eigenvalue weighted by Gasteiger charge is 2.34. The Labute approximate surface area is 110 Å². The molecule has 1 aromatic rings. The van der Waals surface area contributed by atoms with Crippen molar-refractivity contribution in [1.82, 2.24) is 0 Å². The van der Waals surface area contributed by atoms with E-state index in [0.29, 0.717) is 5.25 Å². The molecular formula is C13H13ClO2S. The zero-order valence-electron chi connectivity index (χ0n) is 9.43. The van der Waals surface area contributed by atoms with E-state index in [1.54, 1.807) is 0 Å². The molecule has 1 aromatic carbocycles.